The van der Waals surface area contributed by atoms with Crippen LogP contribution < -0.4 is 0 Å². The van der Waals surface area contributed by atoms with E-state index in [0.29, 0.717) is 33.0 Å². The molecule has 1 aromatic heterocycles. The highest BCUT2D eigenvalue weighted by Gasteiger charge is 2.29. The third-order valence-corrected chi connectivity index (χ3v) is 4.58. The molecule has 3 heterocycles. The van der Waals surface area contributed by atoms with Crippen molar-refractivity contribution in [1.82, 2.24) is 14.9 Å². The summed E-state index contributed by atoms with van der Waals surface area (Å²) >= 11 is 0. The fraction of sp³-hybridized carbons (Fsp3) is 0.706. The lowest BCUT2D eigenvalue weighted by molar-refractivity contribution is -0.138. The lowest BCUT2D eigenvalue weighted by atomic mass is 9.97. The summed E-state index contributed by atoms with van der Waals surface area (Å²) < 4.78 is 11.1. The highest BCUT2D eigenvalue weighted by Crippen LogP contribution is 2.20. The van der Waals surface area contributed by atoms with Gasteiger partial charge in [0.1, 0.15) is 6.33 Å². The van der Waals surface area contributed by atoms with Gasteiger partial charge in [0.05, 0.1) is 13.2 Å². The molecule has 0 N–H and O–H groups in total. The molecule has 2 saturated heterocycles. The largest absolute Gasteiger partial charge is 0.381 e. The zero-order valence-electron chi connectivity index (χ0n) is 13.7. The number of aryl methyl sites for hydroxylation is 1. The van der Waals surface area contributed by atoms with Crippen molar-refractivity contribution in [2.45, 2.75) is 26.2 Å². The molecule has 3 rings (SSSR count). The maximum atomic E-state index is 12.7. The molecule has 0 aliphatic carbocycles. The minimum absolute atomic E-state index is 0.115. The Hall–Kier alpha value is -1.53. The molecule has 0 radical (unpaired) electrons. The molecule has 1 aromatic rings. The van der Waals surface area contributed by atoms with Gasteiger partial charge in [0.25, 0.3) is 0 Å². The number of hydrogen-bond acceptors (Lipinski definition) is 5. The molecule has 0 unspecified atom stereocenters. The van der Waals surface area contributed by atoms with Crippen molar-refractivity contribution < 1.29 is 14.3 Å². The van der Waals surface area contributed by atoms with Gasteiger partial charge in [0.15, 0.2) is 0 Å². The first-order valence-electron chi connectivity index (χ1n) is 8.44. The fourth-order valence-corrected chi connectivity index (χ4v) is 3.32. The van der Waals surface area contributed by atoms with Crippen LogP contribution in [0.3, 0.4) is 0 Å². The van der Waals surface area contributed by atoms with Gasteiger partial charge in [0.2, 0.25) is 5.91 Å². The van der Waals surface area contributed by atoms with Crippen molar-refractivity contribution in [3.63, 3.8) is 0 Å². The van der Waals surface area contributed by atoms with Gasteiger partial charge in [-0.05, 0) is 32.3 Å². The smallest absolute Gasteiger partial charge is 0.225 e. The quantitative estimate of drug-likeness (QED) is 0.838. The first kappa shape index (κ1) is 16.3. The zero-order valence-corrected chi connectivity index (χ0v) is 13.7. The van der Waals surface area contributed by atoms with Crippen molar-refractivity contribution in [3.8, 4) is 0 Å². The van der Waals surface area contributed by atoms with E-state index in [-0.39, 0.29) is 17.7 Å². The van der Waals surface area contributed by atoms with Crippen LogP contribution in [-0.4, -0.2) is 60.3 Å². The second kappa shape index (κ2) is 7.84. The summed E-state index contributed by atoms with van der Waals surface area (Å²) in [7, 11) is 0. The Labute approximate surface area is 137 Å². The monoisotopic (exact) mass is 319 g/mol. The van der Waals surface area contributed by atoms with Crippen molar-refractivity contribution in [2.75, 3.05) is 39.5 Å². The van der Waals surface area contributed by atoms with Crippen LogP contribution in [0.2, 0.25) is 0 Å². The molecule has 0 spiro atoms. The van der Waals surface area contributed by atoms with Crippen LogP contribution in [0.25, 0.3) is 0 Å². The number of rotatable bonds is 3. The van der Waals surface area contributed by atoms with E-state index in [1.165, 1.54) is 0 Å². The van der Waals surface area contributed by atoms with E-state index < -0.39 is 0 Å². The van der Waals surface area contributed by atoms with Gasteiger partial charge in [0, 0.05) is 49.5 Å². The van der Waals surface area contributed by atoms with E-state index in [0.717, 1.165) is 37.2 Å². The van der Waals surface area contributed by atoms with E-state index in [1.54, 1.807) is 6.33 Å². The molecule has 126 valence electrons. The molecular formula is C17H25N3O3. The van der Waals surface area contributed by atoms with Gasteiger partial charge in [-0.2, -0.15) is 0 Å². The standard InChI is InChI=1S/C17H25N3O3/c1-13-8-16(19-12-18-13)9-14-10-20(4-7-23-11-14)17(21)15-2-5-22-6-3-15/h8,12,14-15H,2-7,9-11H2,1H3/t14-/m1/s1. The lowest BCUT2D eigenvalue weighted by Gasteiger charge is -2.29. The van der Waals surface area contributed by atoms with E-state index in [4.69, 9.17) is 9.47 Å². The molecule has 0 bridgehead atoms. The second-order valence-corrected chi connectivity index (χ2v) is 6.47. The average Bonchev–Trinajstić information content (AvgIpc) is 2.80. The van der Waals surface area contributed by atoms with Crippen LogP contribution in [-0.2, 0) is 20.7 Å². The Morgan fingerprint density at radius 3 is 2.87 bits per heavy atom. The molecule has 2 aliphatic heterocycles. The molecule has 6 nitrogen and oxygen atoms in total. The second-order valence-electron chi connectivity index (χ2n) is 6.47. The van der Waals surface area contributed by atoms with Gasteiger partial charge in [-0.1, -0.05) is 0 Å². The van der Waals surface area contributed by atoms with Gasteiger partial charge in [-0.15, -0.1) is 0 Å². The van der Waals surface area contributed by atoms with Crippen LogP contribution in [0, 0.1) is 18.8 Å². The number of ether oxygens (including phenoxy) is 2. The minimum atomic E-state index is 0.115. The topological polar surface area (TPSA) is 64.5 Å². The molecule has 0 aromatic carbocycles. The first-order valence-corrected chi connectivity index (χ1v) is 8.44. The van der Waals surface area contributed by atoms with Crippen molar-refractivity contribution >= 4 is 5.91 Å². The molecule has 1 amide bonds. The van der Waals surface area contributed by atoms with E-state index >= 15 is 0 Å². The molecular weight excluding hydrogens is 294 g/mol. The molecule has 1 atom stereocenters. The zero-order chi connectivity index (χ0) is 16.1. The predicted octanol–water partition coefficient (Wildman–Crippen LogP) is 1.23. The number of nitrogens with zero attached hydrogens (tertiary/aromatic N) is 3. The van der Waals surface area contributed by atoms with Crippen LogP contribution in [0.1, 0.15) is 24.2 Å². The van der Waals surface area contributed by atoms with Crippen molar-refractivity contribution in [3.05, 3.63) is 23.8 Å². The summed E-state index contributed by atoms with van der Waals surface area (Å²) in [6.07, 6.45) is 4.10. The summed E-state index contributed by atoms with van der Waals surface area (Å²) in [6.45, 7) is 6.11. The number of carbonyl (C=O) groups excluding carboxylic acids is 1. The van der Waals surface area contributed by atoms with Crippen LogP contribution in [0.4, 0.5) is 0 Å². The van der Waals surface area contributed by atoms with E-state index in [9.17, 15) is 4.79 Å². The molecule has 6 heteroatoms. The summed E-state index contributed by atoms with van der Waals surface area (Å²) in [5.41, 5.74) is 1.99. The van der Waals surface area contributed by atoms with Crippen LogP contribution >= 0.6 is 0 Å². The first-order chi connectivity index (χ1) is 11.2. The van der Waals surface area contributed by atoms with Crippen LogP contribution in [0.15, 0.2) is 12.4 Å². The third-order valence-electron chi connectivity index (χ3n) is 4.58. The Kier molecular flexibility index (Phi) is 5.56. The average molecular weight is 319 g/mol. The van der Waals surface area contributed by atoms with Gasteiger partial charge in [-0.3, -0.25) is 4.79 Å². The maximum absolute atomic E-state index is 12.7. The van der Waals surface area contributed by atoms with Gasteiger partial charge < -0.3 is 14.4 Å². The highest BCUT2D eigenvalue weighted by atomic mass is 16.5. The summed E-state index contributed by atoms with van der Waals surface area (Å²) in [6, 6.07) is 2.01. The predicted molar refractivity (Wildman–Crippen MR) is 84.9 cm³/mol. The Morgan fingerprint density at radius 2 is 2.09 bits per heavy atom. The summed E-state index contributed by atoms with van der Waals surface area (Å²) in [4.78, 5) is 23.2. The number of carbonyl (C=O) groups is 1. The van der Waals surface area contributed by atoms with Crippen LogP contribution in [0.5, 0.6) is 0 Å². The molecule has 23 heavy (non-hydrogen) atoms. The van der Waals surface area contributed by atoms with Gasteiger partial charge >= 0.3 is 0 Å². The minimum Gasteiger partial charge on any atom is -0.381 e. The SMILES string of the molecule is Cc1cc(C[C@H]2COCCN(C(=O)C3CCOCC3)C2)ncn1. The van der Waals surface area contributed by atoms with Crippen molar-refractivity contribution in [1.29, 1.82) is 0 Å². The number of hydrogen-bond donors (Lipinski definition) is 0. The molecule has 2 fully saturated rings. The Balaban J connectivity index is 1.62. The lowest BCUT2D eigenvalue weighted by Crippen LogP contribution is -2.41. The molecule has 2 aliphatic rings. The van der Waals surface area contributed by atoms with Gasteiger partial charge in [-0.25, -0.2) is 9.97 Å². The van der Waals surface area contributed by atoms with Crippen molar-refractivity contribution in [2.24, 2.45) is 11.8 Å². The van der Waals surface area contributed by atoms with E-state index in [2.05, 4.69) is 9.97 Å². The molecule has 0 saturated carbocycles. The normalized spacial score (nSPS) is 23.5. The Bertz CT molecular complexity index is 532. The Morgan fingerprint density at radius 1 is 1.26 bits per heavy atom. The van der Waals surface area contributed by atoms with E-state index in [1.807, 2.05) is 17.9 Å². The third kappa shape index (κ3) is 4.48. The highest BCUT2D eigenvalue weighted by molar-refractivity contribution is 5.79. The summed E-state index contributed by atoms with van der Waals surface area (Å²) in [5, 5.41) is 0. The maximum Gasteiger partial charge on any atom is 0.225 e. The fourth-order valence-electron chi connectivity index (χ4n) is 3.32. The number of aromatic nitrogens is 2. The number of amides is 1. The summed E-state index contributed by atoms with van der Waals surface area (Å²) in [5.74, 6) is 0.669.